The predicted octanol–water partition coefficient (Wildman–Crippen LogP) is 0.115. The van der Waals surface area contributed by atoms with Crippen LogP contribution in [0.15, 0.2) is 48.5 Å². The lowest BCUT2D eigenvalue weighted by molar-refractivity contribution is -0.150. The number of benzene rings is 2. The predicted molar refractivity (Wildman–Crippen MR) is 300 cm³/mol. The molecule has 0 aromatic heterocycles. The number of aromatic hydroxyl groups is 2. The number of fused-ring (bicyclic) bond motifs is 5. The van der Waals surface area contributed by atoms with Gasteiger partial charge in [-0.3, -0.25) is 52.7 Å². The van der Waals surface area contributed by atoms with Crippen LogP contribution in [0.4, 0.5) is 0 Å². The maximum atomic E-state index is 14.6. The molecule has 2 aromatic rings. The SMILES string of the molecule is CC(C)C[C@@H]1NC(=O)[C@H](CC(C)C)NC(=O)[C@@H]2CCCN2C(=O)[C@@H]2CCCN2C(=O)[C@H]2CCCN2C(=O)CNC(=O)[C@H](Cc2ccc(O)cc2)NC(=O)[C@H](Cc2ccc(O)cc2)NC(=O)[C@H]2CCCN2C(=O)[C@@H]2CCCN2C(=O)CNC1=O. The molecule has 83 heavy (non-hydrogen) atoms. The van der Waals surface area contributed by atoms with E-state index in [2.05, 4.69) is 31.9 Å². The summed E-state index contributed by atoms with van der Waals surface area (Å²) in [5.41, 5.74) is 1.05. The van der Waals surface area contributed by atoms with E-state index in [1.807, 2.05) is 27.7 Å². The molecular weight excluding hydrogens is 1070 g/mol. The first-order chi connectivity index (χ1) is 39.7. The van der Waals surface area contributed by atoms with Crippen molar-refractivity contribution >= 4 is 65.0 Å². The summed E-state index contributed by atoms with van der Waals surface area (Å²) in [6.45, 7) is 7.43. The van der Waals surface area contributed by atoms with Crippen LogP contribution in [0.1, 0.15) is 116 Å². The number of phenols is 2. The van der Waals surface area contributed by atoms with Crippen molar-refractivity contribution in [3.63, 3.8) is 0 Å². The maximum Gasteiger partial charge on any atom is 0.246 e. The molecule has 11 amide bonds. The van der Waals surface area contributed by atoms with Crippen LogP contribution in [0.5, 0.6) is 11.5 Å². The first-order valence-corrected chi connectivity index (χ1v) is 29.5. The monoisotopic (exact) mass is 1150 g/mol. The second kappa shape index (κ2) is 27.5. The van der Waals surface area contributed by atoms with Gasteiger partial charge in [0.15, 0.2) is 0 Å². The average Bonchev–Trinajstić information content (AvgIpc) is 4.49. The summed E-state index contributed by atoms with van der Waals surface area (Å²) < 4.78 is 0. The van der Waals surface area contributed by atoms with Crippen molar-refractivity contribution in [2.75, 3.05) is 45.8 Å². The molecule has 450 valence electrons. The largest absolute Gasteiger partial charge is 0.508 e. The highest BCUT2D eigenvalue weighted by Gasteiger charge is 2.47. The molecule has 0 spiro atoms. The highest BCUT2D eigenvalue weighted by Crippen LogP contribution is 2.30. The Morgan fingerprint density at radius 1 is 0.386 bits per heavy atom. The lowest BCUT2D eigenvalue weighted by atomic mass is 9.99. The molecular formula is C59H81N11O13. The van der Waals surface area contributed by atoms with Crippen LogP contribution in [-0.4, -0.2) is 200 Å². The fourth-order valence-electron chi connectivity index (χ4n) is 12.5. The van der Waals surface area contributed by atoms with E-state index < -0.39 is 132 Å². The molecule has 2 aromatic carbocycles. The molecule has 6 aliphatic rings. The molecule has 0 saturated carbocycles. The normalized spacial score (nSPS) is 28.0. The van der Waals surface area contributed by atoms with Gasteiger partial charge in [-0.05, 0) is 124 Å². The van der Waals surface area contributed by atoms with E-state index in [9.17, 15) is 63.0 Å². The summed E-state index contributed by atoms with van der Waals surface area (Å²) in [5, 5.41) is 36.7. The zero-order chi connectivity index (χ0) is 59.6. The number of nitrogens with zero attached hydrogens (tertiary/aromatic N) is 5. The molecule has 6 saturated heterocycles. The summed E-state index contributed by atoms with van der Waals surface area (Å²) in [5.74, 6) is -6.86. The Bertz CT molecular complexity index is 2760. The zero-order valence-corrected chi connectivity index (χ0v) is 47.9. The summed E-state index contributed by atoms with van der Waals surface area (Å²) in [7, 11) is 0. The van der Waals surface area contributed by atoms with Crippen molar-refractivity contribution in [3.05, 3.63) is 59.7 Å². The van der Waals surface area contributed by atoms with Crippen LogP contribution in [0.3, 0.4) is 0 Å². The van der Waals surface area contributed by atoms with E-state index >= 15 is 0 Å². The highest BCUT2D eigenvalue weighted by molar-refractivity contribution is 6.00. The number of carbonyl (C=O) groups is 11. The van der Waals surface area contributed by atoms with Gasteiger partial charge in [-0.2, -0.15) is 0 Å². The Balaban J connectivity index is 1.09. The molecule has 0 aliphatic carbocycles. The Morgan fingerprint density at radius 3 is 1.08 bits per heavy atom. The Labute approximate surface area is 483 Å². The van der Waals surface area contributed by atoms with E-state index in [4.69, 9.17) is 0 Å². The van der Waals surface area contributed by atoms with E-state index in [-0.39, 0.29) is 94.6 Å². The maximum absolute atomic E-state index is 14.6. The van der Waals surface area contributed by atoms with E-state index in [0.717, 1.165) is 0 Å². The highest BCUT2D eigenvalue weighted by atomic mass is 16.3. The Hall–Kier alpha value is -7.79. The zero-order valence-electron chi connectivity index (χ0n) is 47.9. The first kappa shape index (κ1) is 61.3. The second-order valence-corrected chi connectivity index (χ2v) is 23.7. The molecule has 8 N–H and O–H groups in total. The molecule has 24 heteroatoms. The van der Waals surface area contributed by atoms with Gasteiger partial charge in [0, 0.05) is 45.6 Å². The van der Waals surface area contributed by atoms with Gasteiger partial charge >= 0.3 is 0 Å². The Kier molecular flexibility index (Phi) is 20.3. The van der Waals surface area contributed by atoms with E-state index in [0.29, 0.717) is 62.5 Å². The fraction of sp³-hybridized carbons (Fsp3) is 0.610. The molecule has 6 aliphatic heterocycles. The van der Waals surface area contributed by atoms with Gasteiger partial charge in [0.2, 0.25) is 65.0 Å². The van der Waals surface area contributed by atoms with E-state index in [1.165, 1.54) is 48.8 Å². The summed E-state index contributed by atoms with van der Waals surface area (Å²) in [6.07, 6.45) is 3.87. The Morgan fingerprint density at radius 2 is 0.675 bits per heavy atom. The smallest absolute Gasteiger partial charge is 0.246 e. The molecule has 6 fully saturated rings. The van der Waals surface area contributed by atoms with Crippen molar-refractivity contribution in [2.45, 2.75) is 172 Å². The number of nitrogens with one attached hydrogen (secondary N) is 6. The van der Waals surface area contributed by atoms with Crippen LogP contribution in [-0.2, 0) is 65.6 Å². The second-order valence-electron chi connectivity index (χ2n) is 23.7. The van der Waals surface area contributed by atoms with Crippen molar-refractivity contribution in [3.8, 4) is 11.5 Å². The lowest BCUT2D eigenvalue weighted by Crippen LogP contribution is -2.59. The van der Waals surface area contributed by atoms with Crippen LogP contribution in [0, 0.1) is 11.8 Å². The minimum absolute atomic E-state index is 0.0437. The topological polar surface area (TPSA) is 317 Å². The van der Waals surface area contributed by atoms with Crippen molar-refractivity contribution < 1.29 is 63.0 Å². The van der Waals surface area contributed by atoms with Gasteiger partial charge in [-0.25, -0.2) is 0 Å². The first-order valence-electron chi connectivity index (χ1n) is 29.5. The van der Waals surface area contributed by atoms with Crippen LogP contribution in [0.25, 0.3) is 0 Å². The number of hydrogen-bond acceptors (Lipinski definition) is 13. The molecule has 8 rings (SSSR count). The lowest BCUT2D eigenvalue weighted by Gasteiger charge is -2.34. The average molecular weight is 1150 g/mol. The van der Waals surface area contributed by atoms with Gasteiger partial charge < -0.3 is 66.6 Å². The van der Waals surface area contributed by atoms with E-state index in [1.54, 1.807) is 24.3 Å². The quantitative estimate of drug-likeness (QED) is 0.174. The molecule has 9 atom stereocenters. The van der Waals surface area contributed by atoms with Crippen LogP contribution >= 0.6 is 0 Å². The number of hydrogen-bond donors (Lipinski definition) is 8. The molecule has 0 radical (unpaired) electrons. The van der Waals surface area contributed by atoms with Gasteiger partial charge in [0.1, 0.15) is 65.9 Å². The third-order valence-corrected chi connectivity index (χ3v) is 16.7. The summed E-state index contributed by atoms with van der Waals surface area (Å²) in [4.78, 5) is 165. The van der Waals surface area contributed by atoms with Crippen molar-refractivity contribution in [1.29, 1.82) is 0 Å². The number of amides is 11. The third kappa shape index (κ3) is 15.1. The molecule has 24 nitrogen and oxygen atoms in total. The van der Waals surface area contributed by atoms with Crippen molar-refractivity contribution in [2.24, 2.45) is 11.8 Å². The van der Waals surface area contributed by atoms with Gasteiger partial charge in [0.25, 0.3) is 0 Å². The summed E-state index contributed by atoms with van der Waals surface area (Å²) >= 11 is 0. The van der Waals surface area contributed by atoms with Crippen molar-refractivity contribution in [1.82, 2.24) is 56.4 Å². The molecule has 6 heterocycles. The summed E-state index contributed by atoms with van der Waals surface area (Å²) in [6, 6.07) is 2.08. The van der Waals surface area contributed by atoms with Crippen LogP contribution in [0.2, 0.25) is 0 Å². The van der Waals surface area contributed by atoms with Gasteiger partial charge in [-0.15, -0.1) is 0 Å². The molecule has 0 unspecified atom stereocenters. The number of rotatable bonds is 8. The number of phenolic OH excluding ortho intramolecular Hbond substituents is 2. The molecule has 0 bridgehead atoms. The number of carbonyl (C=O) groups excluding carboxylic acids is 11. The minimum atomic E-state index is -1.36. The standard InChI is InChI=1S/C59H81N11O13/c1-34(2)28-40-51(75)60-32-49(73)66-23-7-12-46(66)57(81)68-25-5-11-45(68)56(80)65-43(31-37-17-21-39(72)22-18-37)54(78)63-42(30-36-15-19-38(71)20-16-36)52(76)61-33-50(74)67-24-8-13-47(67)58(82)70-27-9-14-48(70)59(83)69-26-6-10-44(69)55(79)64-41(29-35(3)4)53(77)62-40/h15-22,34-35,40-48,71-72H,5-14,23-33H2,1-4H3,(H,60,75)(H,61,76)(H,62,77)(H,63,78)(H,64,79)(H,65,80)/t40-,41-,42-,43-,44-,45+,46-,47+,48-/m0/s1. The minimum Gasteiger partial charge on any atom is -0.508 e. The van der Waals surface area contributed by atoms with Gasteiger partial charge in [0.05, 0.1) is 13.1 Å². The van der Waals surface area contributed by atoms with Gasteiger partial charge in [-0.1, -0.05) is 52.0 Å². The third-order valence-electron chi connectivity index (χ3n) is 16.7. The fourth-order valence-corrected chi connectivity index (χ4v) is 12.5. The van der Waals surface area contributed by atoms with Crippen LogP contribution < -0.4 is 31.9 Å².